The van der Waals surface area contributed by atoms with Crippen LogP contribution in [0.3, 0.4) is 0 Å². The molecule has 3 heteroatoms. The molecule has 0 spiro atoms. The lowest BCUT2D eigenvalue weighted by Gasteiger charge is -2.36. The van der Waals surface area contributed by atoms with Gasteiger partial charge >= 0.3 is 0 Å². The zero-order valence-corrected chi connectivity index (χ0v) is 14.3. The highest BCUT2D eigenvalue weighted by Crippen LogP contribution is 2.29. The van der Waals surface area contributed by atoms with Crippen LogP contribution >= 0.6 is 0 Å². The number of hydrogen-bond acceptors (Lipinski definition) is 2. The van der Waals surface area contributed by atoms with E-state index in [0.717, 1.165) is 31.6 Å². The zero-order valence-electron chi connectivity index (χ0n) is 14.3. The average molecular weight is 295 g/mol. The maximum absolute atomic E-state index is 12.8. The molecule has 0 saturated heterocycles. The van der Waals surface area contributed by atoms with Crippen LogP contribution < -0.4 is 0 Å². The highest BCUT2D eigenvalue weighted by Gasteiger charge is 2.33. The Balaban J connectivity index is 1.92. The third-order valence-electron chi connectivity index (χ3n) is 5.16. The van der Waals surface area contributed by atoms with Gasteiger partial charge in [-0.1, -0.05) is 32.6 Å². The van der Waals surface area contributed by atoms with Gasteiger partial charge in [0.15, 0.2) is 0 Å². The molecule has 2 fully saturated rings. The zero-order chi connectivity index (χ0) is 15.4. The Morgan fingerprint density at radius 1 is 1.05 bits per heavy atom. The summed E-state index contributed by atoms with van der Waals surface area (Å²) in [7, 11) is 0. The maximum Gasteiger partial charge on any atom is 0.251 e. The van der Waals surface area contributed by atoms with Crippen molar-refractivity contribution >= 4 is 5.91 Å². The smallest absolute Gasteiger partial charge is 0.251 e. The summed E-state index contributed by atoms with van der Waals surface area (Å²) in [5.41, 5.74) is 0. The van der Waals surface area contributed by atoms with E-state index in [9.17, 15) is 4.79 Å². The molecule has 0 aliphatic heterocycles. The van der Waals surface area contributed by atoms with Crippen LogP contribution in [0.1, 0.15) is 79.1 Å². The Bertz CT molecular complexity index is 336. The largest absolute Gasteiger partial charge is 0.365 e. The summed E-state index contributed by atoms with van der Waals surface area (Å²) < 4.78 is 6.12. The monoisotopic (exact) mass is 295 g/mol. The molecule has 0 aromatic heterocycles. The molecule has 1 amide bonds. The SMILES string of the molecule is CC(C)N(C(=O)[C@H](C)O[C@H]1CCC[C@@H](C)C1)C1CCCC1. The number of hydrogen-bond donors (Lipinski definition) is 0. The normalized spacial score (nSPS) is 28.8. The third-order valence-corrected chi connectivity index (χ3v) is 5.16. The van der Waals surface area contributed by atoms with Crippen molar-refractivity contribution in [2.45, 2.75) is 103 Å². The lowest BCUT2D eigenvalue weighted by molar-refractivity contribution is -0.152. The van der Waals surface area contributed by atoms with Crippen LogP contribution in [0, 0.1) is 5.92 Å². The van der Waals surface area contributed by atoms with Crippen LogP contribution in [0.5, 0.6) is 0 Å². The molecule has 0 unspecified atom stereocenters. The number of carbonyl (C=O) groups is 1. The van der Waals surface area contributed by atoms with Crippen LogP contribution in [-0.4, -0.2) is 35.1 Å². The molecular formula is C18H33NO2. The molecule has 2 aliphatic rings. The molecule has 122 valence electrons. The highest BCUT2D eigenvalue weighted by atomic mass is 16.5. The lowest BCUT2D eigenvalue weighted by Crippen LogP contribution is -2.49. The predicted octanol–water partition coefficient (Wildman–Crippen LogP) is 4.15. The molecule has 0 bridgehead atoms. The van der Waals surface area contributed by atoms with E-state index >= 15 is 0 Å². The molecule has 0 heterocycles. The predicted molar refractivity (Wildman–Crippen MR) is 86.2 cm³/mol. The van der Waals surface area contributed by atoms with E-state index in [1.807, 2.05) is 6.92 Å². The number of nitrogens with zero attached hydrogens (tertiary/aromatic N) is 1. The number of amides is 1. The molecule has 0 aromatic carbocycles. The van der Waals surface area contributed by atoms with Crippen molar-refractivity contribution in [2.75, 3.05) is 0 Å². The summed E-state index contributed by atoms with van der Waals surface area (Å²) >= 11 is 0. The summed E-state index contributed by atoms with van der Waals surface area (Å²) in [6.07, 6.45) is 9.62. The van der Waals surface area contributed by atoms with E-state index in [2.05, 4.69) is 25.7 Å². The number of carbonyl (C=O) groups excluding carboxylic acids is 1. The molecule has 0 radical (unpaired) electrons. The van der Waals surface area contributed by atoms with Crippen molar-refractivity contribution in [1.82, 2.24) is 4.90 Å². The van der Waals surface area contributed by atoms with Crippen molar-refractivity contribution in [3.8, 4) is 0 Å². The molecule has 2 saturated carbocycles. The van der Waals surface area contributed by atoms with Crippen molar-refractivity contribution < 1.29 is 9.53 Å². The van der Waals surface area contributed by atoms with Crippen LogP contribution in [-0.2, 0) is 9.53 Å². The minimum Gasteiger partial charge on any atom is -0.365 e. The Labute approximate surface area is 130 Å². The topological polar surface area (TPSA) is 29.5 Å². The second kappa shape index (κ2) is 7.62. The van der Waals surface area contributed by atoms with Gasteiger partial charge in [-0.25, -0.2) is 0 Å². The lowest BCUT2D eigenvalue weighted by atomic mass is 9.88. The van der Waals surface area contributed by atoms with E-state index in [-0.39, 0.29) is 24.2 Å². The van der Waals surface area contributed by atoms with Gasteiger partial charge in [-0.15, -0.1) is 0 Å². The minimum absolute atomic E-state index is 0.204. The highest BCUT2D eigenvalue weighted by molar-refractivity contribution is 5.81. The first-order chi connectivity index (χ1) is 9.99. The Hall–Kier alpha value is -0.570. The molecule has 0 N–H and O–H groups in total. The van der Waals surface area contributed by atoms with Crippen LogP contribution in [0.15, 0.2) is 0 Å². The van der Waals surface area contributed by atoms with Crippen LogP contribution in [0.2, 0.25) is 0 Å². The van der Waals surface area contributed by atoms with E-state index in [1.54, 1.807) is 0 Å². The van der Waals surface area contributed by atoms with Crippen molar-refractivity contribution in [3.63, 3.8) is 0 Å². The maximum atomic E-state index is 12.8. The van der Waals surface area contributed by atoms with Crippen molar-refractivity contribution in [3.05, 3.63) is 0 Å². The van der Waals surface area contributed by atoms with Gasteiger partial charge in [-0.3, -0.25) is 4.79 Å². The van der Waals surface area contributed by atoms with Gasteiger partial charge in [0.05, 0.1) is 6.10 Å². The molecular weight excluding hydrogens is 262 g/mol. The van der Waals surface area contributed by atoms with Gasteiger partial charge in [-0.2, -0.15) is 0 Å². The summed E-state index contributed by atoms with van der Waals surface area (Å²) in [4.78, 5) is 14.9. The fourth-order valence-electron chi connectivity index (χ4n) is 4.10. The average Bonchev–Trinajstić information content (AvgIpc) is 2.92. The van der Waals surface area contributed by atoms with E-state index in [0.29, 0.717) is 6.04 Å². The first-order valence-corrected chi connectivity index (χ1v) is 8.96. The summed E-state index contributed by atoms with van der Waals surface area (Å²) in [5, 5.41) is 0. The molecule has 2 aliphatic carbocycles. The Morgan fingerprint density at radius 2 is 1.71 bits per heavy atom. The fourth-order valence-corrected chi connectivity index (χ4v) is 4.10. The van der Waals surface area contributed by atoms with Gasteiger partial charge in [0.1, 0.15) is 6.10 Å². The van der Waals surface area contributed by atoms with Crippen LogP contribution in [0.4, 0.5) is 0 Å². The quantitative estimate of drug-likeness (QED) is 0.762. The van der Waals surface area contributed by atoms with Gasteiger partial charge in [0, 0.05) is 12.1 Å². The second-order valence-electron chi connectivity index (χ2n) is 7.45. The molecule has 3 atom stereocenters. The van der Waals surface area contributed by atoms with Crippen molar-refractivity contribution in [2.24, 2.45) is 5.92 Å². The molecule has 21 heavy (non-hydrogen) atoms. The van der Waals surface area contributed by atoms with Crippen molar-refractivity contribution in [1.29, 1.82) is 0 Å². The summed E-state index contributed by atoms with van der Waals surface area (Å²) in [5.74, 6) is 0.942. The first kappa shape index (κ1) is 16.8. The van der Waals surface area contributed by atoms with Gasteiger partial charge in [-0.05, 0) is 52.4 Å². The standard InChI is InChI=1S/C18H33NO2/c1-13(2)19(16-9-5-6-10-16)18(20)15(4)21-17-11-7-8-14(3)12-17/h13-17H,5-12H2,1-4H3/t14-,15+,17+/m1/s1. The number of ether oxygens (including phenoxy) is 1. The van der Waals surface area contributed by atoms with Gasteiger partial charge in [0.25, 0.3) is 5.91 Å². The summed E-state index contributed by atoms with van der Waals surface area (Å²) in [6, 6.07) is 0.714. The summed E-state index contributed by atoms with van der Waals surface area (Å²) in [6.45, 7) is 8.50. The fraction of sp³-hybridized carbons (Fsp3) is 0.944. The number of rotatable bonds is 5. The van der Waals surface area contributed by atoms with E-state index < -0.39 is 0 Å². The van der Waals surface area contributed by atoms with Crippen LogP contribution in [0.25, 0.3) is 0 Å². The van der Waals surface area contributed by atoms with Gasteiger partial charge in [0.2, 0.25) is 0 Å². The second-order valence-corrected chi connectivity index (χ2v) is 7.45. The molecule has 3 nitrogen and oxygen atoms in total. The van der Waals surface area contributed by atoms with E-state index in [4.69, 9.17) is 4.74 Å². The van der Waals surface area contributed by atoms with E-state index in [1.165, 1.54) is 25.7 Å². The molecule has 0 aromatic rings. The Kier molecular flexibility index (Phi) is 6.09. The Morgan fingerprint density at radius 3 is 2.29 bits per heavy atom. The first-order valence-electron chi connectivity index (χ1n) is 8.96. The molecule has 2 rings (SSSR count). The van der Waals surface area contributed by atoms with Gasteiger partial charge < -0.3 is 9.64 Å². The minimum atomic E-state index is -0.289. The third kappa shape index (κ3) is 4.45.